The molecule has 3 amide bonds. The highest BCUT2D eigenvalue weighted by Crippen LogP contribution is 2.59. The van der Waals surface area contributed by atoms with Crippen molar-refractivity contribution in [1.82, 2.24) is 15.1 Å². The monoisotopic (exact) mass is 722 g/mol. The van der Waals surface area contributed by atoms with E-state index in [1.54, 1.807) is 29.2 Å². The van der Waals surface area contributed by atoms with Gasteiger partial charge in [0.1, 0.15) is 18.2 Å². The largest absolute Gasteiger partial charge is 0.399 e. The van der Waals surface area contributed by atoms with E-state index < -0.39 is 42.7 Å². The number of carbonyl (C=O) groups is 3. The standard InChI is InChI=1S/C35H33F2N4O7PS/c36-35(37,49(45,46)47)26-11-12-30-25(18-26)19-31(50-30)32(42)39-27(17-22-6-4-7-23(16-22)20-38)33(43)41-13-5-10-28(41)34(44)40-14-15-48-29(21-40)24-8-2-1-3-9-24/h1-4,6-9,11-12,16,18-19,27-29H,5,10,13-15,17,21H2,(H,39,42)(H2,45,46,47)/t27-,28-,29-/m0/s1. The SMILES string of the molecule is N#Cc1cccc(C[C@H](NC(=O)c2cc3cc(C(F)(F)P(=O)(O)O)ccc3s2)C(=O)N2CCC[C@H]2C(=O)N2CCO[C@H](c3ccccc3)C2)c1. The Bertz CT molecular complexity index is 2010. The number of rotatable bonds is 9. The van der Waals surface area contributed by atoms with E-state index in [1.165, 1.54) is 17.0 Å². The quantitative estimate of drug-likeness (QED) is 0.205. The third kappa shape index (κ3) is 7.33. The fourth-order valence-electron chi connectivity index (χ4n) is 6.36. The Hall–Kier alpha value is -4.51. The maximum atomic E-state index is 14.4. The van der Waals surface area contributed by atoms with Crippen LogP contribution < -0.4 is 5.32 Å². The number of alkyl halides is 2. The normalized spacial score (nSPS) is 18.9. The van der Waals surface area contributed by atoms with Gasteiger partial charge in [0.25, 0.3) is 5.91 Å². The molecular weight excluding hydrogens is 689 g/mol. The average Bonchev–Trinajstić information content (AvgIpc) is 3.78. The zero-order valence-electron chi connectivity index (χ0n) is 26.6. The van der Waals surface area contributed by atoms with E-state index in [9.17, 15) is 33.0 Å². The molecule has 15 heteroatoms. The first-order valence-electron chi connectivity index (χ1n) is 15.9. The molecule has 0 saturated carbocycles. The Labute approximate surface area is 290 Å². The van der Waals surface area contributed by atoms with E-state index >= 15 is 0 Å². The molecule has 2 aliphatic heterocycles. The van der Waals surface area contributed by atoms with Crippen LogP contribution in [0, 0.1) is 11.3 Å². The number of nitriles is 1. The van der Waals surface area contributed by atoms with Crippen LogP contribution in [0.4, 0.5) is 8.78 Å². The smallest absolute Gasteiger partial charge is 0.370 e. The summed E-state index contributed by atoms with van der Waals surface area (Å²) in [6.45, 7) is 1.34. The molecule has 0 aliphatic carbocycles. The third-order valence-electron chi connectivity index (χ3n) is 8.92. The van der Waals surface area contributed by atoms with Crippen molar-refractivity contribution in [3.63, 3.8) is 0 Å². The molecule has 0 radical (unpaired) electrons. The van der Waals surface area contributed by atoms with Crippen molar-refractivity contribution in [3.8, 4) is 6.07 Å². The number of nitrogens with zero attached hydrogens (tertiary/aromatic N) is 3. The number of morpholine rings is 1. The number of likely N-dealkylation sites (tertiary alicyclic amines) is 1. The van der Waals surface area contributed by atoms with E-state index in [4.69, 9.17) is 14.5 Å². The second-order valence-electron chi connectivity index (χ2n) is 12.2. The Balaban J connectivity index is 1.24. The van der Waals surface area contributed by atoms with E-state index in [0.29, 0.717) is 54.9 Å². The second kappa shape index (κ2) is 14.4. The van der Waals surface area contributed by atoms with Crippen molar-refractivity contribution in [2.75, 3.05) is 26.2 Å². The van der Waals surface area contributed by atoms with Crippen molar-refractivity contribution in [3.05, 3.63) is 106 Å². The fraction of sp³-hybridized carbons (Fsp3) is 0.314. The molecule has 0 unspecified atom stereocenters. The Morgan fingerprint density at radius 3 is 2.58 bits per heavy atom. The molecule has 3 aromatic carbocycles. The number of carbonyl (C=O) groups excluding carboxylic acids is 3. The zero-order valence-corrected chi connectivity index (χ0v) is 28.3. The summed E-state index contributed by atoms with van der Waals surface area (Å²) >= 11 is 0.961. The molecule has 3 N–H and O–H groups in total. The van der Waals surface area contributed by atoms with E-state index in [0.717, 1.165) is 29.0 Å². The van der Waals surface area contributed by atoms with Crippen LogP contribution in [0.25, 0.3) is 10.1 Å². The van der Waals surface area contributed by atoms with Gasteiger partial charge in [-0.25, -0.2) is 0 Å². The number of nitrogens with one attached hydrogen (secondary N) is 1. The predicted molar refractivity (Wildman–Crippen MR) is 180 cm³/mol. The van der Waals surface area contributed by atoms with Gasteiger partial charge >= 0.3 is 13.3 Å². The van der Waals surface area contributed by atoms with Gasteiger partial charge in [-0.3, -0.25) is 18.9 Å². The van der Waals surface area contributed by atoms with Crippen molar-refractivity contribution >= 4 is 46.7 Å². The summed E-state index contributed by atoms with van der Waals surface area (Å²) in [7, 11) is -5.80. The van der Waals surface area contributed by atoms with Crippen LogP contribution in [-0.2, 0) is 31.0 Å². The molecule has 260 valence electrons. The number of thiophene rings is 1. The summed E-state index contributed by atoms with van der Waals surface area (Å²) in [4.78, 5) is 63.4. The van der Waals surface area contributed by atoms with Gasteiger partial charge in [-0.15, -0.1) is 11.3 Å². The van der Waals surface area contributed by atoms with Crippen LogP contribution in [-0.4, -0.2) is 75.6 Å². The Morgan fingerprint density at radius 2 is 1.84 bits per heavy atom. The maximum Gasteiger partial charge on any atom is 0.399 e. The summed E-state index contributed by atoms with van der Waals surface area (Å²) in [6.07, 6.45) is 0.728. The highest BCUT2D eigenvalue weighted by molar-refractivity contribution is 7.52. The van der Waals surface area contributed by atoms with E-state index in [2.05, 4.69) is 11.4 Å². The topological polar surface area (TPSA) is 160 Å². The Morgan fingerprint density at radius 1 is 1.06 bits per heavy atom. The molecule has 2 saturated heterocycles. The van der Waals surface area contributed by atoms with Crippen LogP contribution in [0.1, 0.15) is 50.9 Å². The lowest BCUT2D eigenvalue weighted by Crippen LogP contribution is -2.56. The van der Waals surface area contributed by atoms with Gasteiger partial charge in [-0.1, -0.05) is 48.5 Å². The predicted octanol–water partition coefficient (Wildman–Crippen LogP) is 4.93. The summed E-state index contributed by atoms with van der Waals surface area (Å²) in [5.74, 6) is -1.36. The van der Waals surface area contributed by atoms with Crippen LogP contribution in [0.2, 0.25) is 0 Å². The Kier molecular flexibility index (Phi) is 10.2. The molecule has 2 aliphatic rings. The van der Waals surface area contributed by atoms with Crippen molar-refractivity contribution < 1.29 is 42.3 Å². The zero-order chi connectivity index (χ0) is 35.6. The number of amides is 3. The molecule has 0 spiro atoms. The van der Waals surface area contributed by atoms with Crippen LogP contribution >= 0.6 is 18.9 Å². The minimum atomic E-state index is -5.80. The van der Waals surface area contributed by atoms with Gasteiger partial charge in [-0.05, 0) is 59.7 Å². The third-order valence-corrected chi connectivity index (χ3v) is 11.0. The van der Waals surface area contributed by atoms with Gasteiger partial charge in [-0.2, -0.15) is 14.0 Å². The van der Waals surface area contributed by atoms with Gasteiger partial charge in [0, 0.05) is 29.8 Å². The summed E-state index contributed by atoms with van der Waals surface area (Å²) < 4.78 is 46.6. The van der Waals surface area contributed by atoms with Crippen molar-refractivity contribution in [2.24, 2.45) is 0 Å². The highest BCUT2D eigenvalue weighted by Gasteiger charge is 2.50. The first-order chi connectivity index (χ1) is 23.9. The van der Waals surface area contributed by atoms with Gasteiger partial charge in [0.2, 0.25) is 11.8 Å². The van der Waals surface area contributed by atoms with Gasteiger partial charge < -0.3 is 29.6 Å². The summed E-state index contributed by atoms with van der Waals surface area (Å²) in [5, 5.41) is 12.4. The van der Waals surface area contributed by atoms with Gasteiger partial charge in [0.05, 0.1) is 29.7 Å². The van der Waals surface area contributed by atoms with Crippen LogP contribution in [0.3, 0.4) is 0 Å². The summed E-state index contributed by atoms with van der Waals surface area (Å²) in [6, 6.07) is 20.7. The molecular formula is C35H33F2N4O7PS. The number of benzene rings is 3. The lowest BCUT2D eigenvalue weighted by molar-refractivity contribution is -0.149. The first-order valence-corrected chi connectivity index (χ1v) is 18.3. The minimum Gasteiger partial charge on any atom is -0.370 e. The maximum absolute atomic E-state index is 14.4. The second-order valence-corrected chi connectivity index (χ2v) is 15.0. The first kappa shape index (κ1) is 35.3. The molecule has 3 atom stereocenters. The molecule has 1 aromatic heterocycles. The van der Waals surface area contributed by atoms with E-state index in [1.807, 2.05) is 30.3 Å². The summed E-state index contributed by atoms with van der Waals surface area (Å²) in [5.41, 5.74) is -3.41. The minimum absolute atomic E-state index is 0.00862. The molecule has 2 fully saturated rings. The van der Waals surface area contributed by atoms with Gasteiger partial charge in [0.15, 0.2) is 0 Å². The average molecular weight is 723 g/mol. The number of hydrogen-bond donors (Lipinski definition) is 3. The highest BCUT2D eigenvalue weighted by atomic mass is 32.1. The van der Waals surface area contributed by atoms with Crippen LogP contribution in [0.5, 0.6) is 0 Å². The van der Waals surface area contributed by atoms with Crippen LogP contribution in [0.15, 0.2) is 78.9 Å². The van der Waals surface area contributed by atoms with E-state index in [-0.39, 0.29) is 28.7 Å². The van der Waals surface area contributed by atoms with Crippen molar-refractivity contribution in [2.45, 2.75) is 43.1 Å². The lowest BCUT2D eigenvalue weighted by Gasteiger charge is -2.37. The fourth-order valence-corrected chi connectivity index (χ4v) is 7.78. The van der Waals surface area contributed by atoms with Crippen molar-refractivity contribution in [1.29, 1.82) is 5.26 Å². The number of fused-ring (bicyclic) bond motifs is 1. The number of halogens is 2. The molecule has 3 heterocycles. The molecule has 0 bridgehead atoms. The molecule has 6 rings (SSSR count). The number of hydrogen-bond acceptors (Lipinski definition) is 7. The number of ether oxygens (including phenoxy) is 1. The molecule has 4 aromatic rings. The lowest BCUT2D eigenvalue weighted by atomic mass is 10.0. The molecule has 11 nitrogen and oxygen atoms in total. The molecule has 50 heavy (non-hydrogen) atoms.